The van der Waals surface area contributed by atoms with Crippen LogP contribution in [0.5, 0.6) is 11.5 Å². The van der Waals surface area contributed by atoms with Crippen LogP contribution in [-0.2, 0) is 0 Å². The van der Waals surface area contributed by atoms with Crippen molar-refractivity contribution >= 4 is 0 Å². The molecule has 0 heterocycles. The minimum atomic E-state index is 0. The van der Waals surface area contributed by atoms with Gasteiger partial charge in [-0.3, -0.25) is 0 Å². The molecule has 0 fully saturated rings. The molecule has 114 valence electrons. The average molecular weight is 271 g/mol. The predicted octanol–water partition coefficient (Wildman–Crippen LogP) is 4.50. The van der Waals surface area contributed by atoms with Crippen molar-refractivity contribution in [2.45, 2.75) is 47.5 Å². The Balaban J connectivity index is -0.000000426. The smallest absolute Gasteiger partial charge is 0.161 e. The Kier molecular flexibility index (Phi) is 17.8. The highest BCUT2D eigenvalue weighted by molar-refractivity contribution is 5.39. The van der Waals surface area contributed by atoms with E-state index in [4.69, 9.17) is 15.2 Å². The molecular weight excluding hydrogens is 238 g/mol. The van der Waals surface area contributed by atoms with E-state index in [1.807, 2.05) is 45.0 Å². The normalized spacial score (nSPS) is 8.53. The second kappa shape index (κ2) is 16.8. The molecule has 0 bridgehead atoms. The zero-order valence-electron chi connectivity index (χ0n) is 13.2. The third-order valence-electron chi connectivity index (χ3n) is 1.76. The summed E-state index contributed by atoms with van der Waals surface area (Å²) in [5.74, 6) is 1.59. The van der Waals surface area contributed by atoms with Crippen molar-refractivity contribution in [3.63, 3.8) is 0 Å². The van der Waals surface area contributed by atoms with Crippen LogP contribution in [-0.4, -0.2) is 19.8 Å². The van der Waals surface area contributed by atoms with Crippen LogP contribution in [0.3, 0.4) is 0 Å². The highest BCUT2D eigenvalue weighted by Crippen LogP contribution is 2.26. The minimum Gasteiger partial charge on any atom is -0.490 e. The SMILES string of the molecule is CC.CCC.CCOc1ccccc1OCCCN.[HH]. The number of ether oxygens (including phenoxy) is 2. The molecule has 19 heavy (non-hydrogen) atoms. The fourth-order valence-electron chi connectivity index (χ4n) is 1.11. The molecule has 1 rings (SSSR count). The maximum Gasteiger partial charge on any atom is 0.161 e. The summed E-state index contributed by atoms with van der Waals surface area (Å²) >= 11 is 0. The summed E-state index contributed by atoms with van der Waals surface area (Å²) in [5.41, 5.74) is 5.38. The largest absolute Gasteiger partial charge is 0.490 e. The molecule has 3 nitrogen and oxygen atoms in total. The Labute approximate surface area is 120 Å². The van der Waals surface area contributed by atoms with Gasteiger partial charge in [-0.2, -0.15) is 0 Å². The molecule has 0 aromatic heterocycles. The molecule has 2 N–H and O–H groups in total. The molecule has 0 radical (unpaired) electrons. The predicted molar refractivity (Wildman–Crippen MR) is 86.2 cm³/mol. The zero-order chi connectivity index (χ0) is 14.9. The van der Waals surface area contributed by atoms with Crippen molar-refractivity contribution in [3.05, 3.63) is 24.3 Å². The lowest BCUT2D eigenvalue weighted by molar-refractivity contribution is 0.275. The lowest BCUT2D eigenvalue weighted by Gasteiger charge is -2.10. The van der Waals surface area contributed by atoms with Crippen LogP contribution in [0.2, 0.25) is 0 Å². The first-order chi connectivity index (χ1) is 9.29. The van der Waals surface area contributed by atoms with Crippen molar-refractivity contribution in [2.75, 3.05) is 19.8 Å². The first-order valence-corrected chi connectivity index (χ1v) is 7.34. The molecule has 0 atom stereocenters. The highest BCUT2D eigenvalue weighted by Gasteiger charge is 2.01. The van der Waals surface area contributed by atoms with E-state index >= 15 is 0 Å². The number of hydrogen-bond acceptors (Lipinski definition) is 3. The van der Waals surface area contributed by atoms with Crippen LogP contribution in [0, 0.1) is 0 Å². The van der Waals surface area contributed by atoms with E-state index < -0.39 is 0 Å². The van der Waals surface area contributed by atoms with Crippen LogP contribution in [0.25, 0.3) is 0 Å². The van der Waals surface area contributed by atoms with Gasteiger partial charge in [-0.25, -0.2) is 0 Å². The molecule has 0 aliphatic carbocycles. The van der Waals surface area contributed by atoms with Gasteiger partial charge >= 0.3 is 0 Å². The summed E-state index contributed by atoms with van der Waals surface area (Å²) in [5, 5.41) is 0. The van der Waals surface area contributed by atoms with E-state index in [1.54, 1.807) is 0 Å². The van der Waals surface area contributed by atoms with E-state index in [9.17, 15) is 0 Å². The molecular formula is C16H33NO2. The number of nitrogens with two attached hydrogens (primary N) is 1. The monoisotopic (exact) mass is 271 g/mol. The Morgan fingerprint density at radius 1 is 1.00 bits per heavy atom. The fraction of sp³-hybridized carbons (Fsp3) is 0.625. The van der Waals surface area contributed by atoms with Gasteiger partial charge in [0.25, 0.3) is 0 Å². The first kappa shape index (κ1) is 20.1. The van der Waals surface area contributed by atoms with Gasteiger partial charge in [0, 0.05) is 1.43 Å². The van der Waals surface area contributed by atoms with Crippen LogP contribution >= 0.6 is 0 Å². The molecule has 0 saturated carbocycles. The van der Waals surface area contributed by atoms with Crippen molar-refractivity contribution in [3.8, 4) is 11.5 Å². The van der Waals surface area contributed by atoms with Crippen molar-refractivity contribution in [1.82, 2.24) is 0 Å². The van der Waals surface area contributed by atoms with Gasteiger partial charge in [0.05, 0.1) is 13.2 Å². The Hall–Kier alpha value is -1.22. The van der Waals surface area contributed by atoms with E-state index in [0.717, 1.165) is 17.9 Å². The van der Waals surface area contributed by atoms with Gasteiger partial charge in [-0.15, -0.1) is 0 Å². The molecule has 0 aliphatic heterocycles. The van der Waals surface area contributed by atoms with Crippen LogP contribution in [0.15, 0.2) is 24.3 Å². The van der Waals surface area contributed by atoms with Crippen LogP contribution in [0.1, 0.15) is 48.9 Å². The first-order valence-electron chi connectivity index (χ1n) is 7.34. The standard InChI is InChI=1S/C11H17NO2.C3H8.C2H6.H2/c1-2-13-10-6-3-4-7-11(10)14-9-5-8-12;1-3-2;1-2;/h3-4,6-7H,2,5,8-9,12H2,1H3;3H2,1-2H3;1-2H3;1H. The fourth-order valence-corrected chi connectivity index (χ4v) is 1.11. The molecule has 1 aromatic carbocycles. The van der Waals surface area contributed by atoms with Crippen LogP contribution in [0.4, 0.5) is 0 Å². The summed E-state index contributed by atoms with van der Waals surface area (Å²) in [6.45, 7) is 12.1. The maximum absolute atomic E-state index is 5.53. The van der Waals surface area contributed by atoms with Crippen molar-refractivity contribution in [1.29, 1.82) is 0 Å². The quantitative estimate of drug-likeness (QED) is 0.775. The Morgan fingerprint density at radius 3 is 1.89 bits per heavy atom. The van der Waals surface area contributed by atoms with Crippen LogP contribution < -0.4 is 15.2 Å². The van der Waals surface area contributed by atoms with Crippen molar-refractivity contribution in [2.24, 2.45) is 5.73 Å². The summed E-state index contributed by atoms with van der Waals surface area (Å²) < 4.78 is 10.9. The summed E-state index contributed by atoms with van der Waals surface area (Å²) in [4.78, 5) is 0. The van der Waals surface area contributed by atoms with Gasteiger partial charge in [0.1, 0.15) is 0 Å². The van der Waals surface area contributed by atoms with Gasteiger partial charge < -0.3 is 15.2 Å². The highest BCUT2D eigenvalue weighted by atomic mass is 16.5. The molecule has 1 aromatic rings. The molecule has 0 unspecified atom stereocenters. The molecule has 3 heteroatoms. The average Bonchev–Trinajstić information content (AvgIpc) is 2.44. The number of benzene rings is 1. The number of rotatable bonds is 6. The van der Waals surface area contributed by atoms with Crippen molar-refractivity contribution < 1.29 is 10.9 Å². The molecule has 0 aliphatic rings. The van der Waals surface area contributed by atoms with E-state index in [1.165, 1.54) is 6.42 Å². The molecule has 0 spiro atoms. The van der Waals surface area contributed by atoms with Gasteiger partial charge in [-0.1, -0.05) is 46.2 Å². The summed E-state index contributed by atoms with van der Waals surface area (Å²) in [6, 6.07) is 7.67. The zero-order valence-corrected chi connectivity index (χ0v) is 13.2. The van der Waals surface area contributed by atoms with E-state index in [-0.39, 0.29) is 1.43 Å². The van der Waals surface area contributed by atoms with E-state index in [0.29, 0.717) is 19.8 Å². The third-order valence-corrected chi connectivity index (χ3v) is 1.76. The van der Waals surface area contributed by atoms with Gasteiger partial charge in [0.2, 0.25) is 0 Å². The summed E-state index contributed by atoms with van der Waals surface area (Å²) in [7, 11) is 0. The third kappa shape index (κ3) is 11.6. The lowest BCUT2D eigenvalue weighted by atomic mass is 10.3. The maximum atomic E-state index is 5.53. The minimum absolute atomic E-state index is 0. The second-order valence-corrected chi connectivity index (χ2v) is 3.58. The number of para-hydroxylation sites is 2. The molecule has 0 amide bonds. The lowest BCUT2D eigenvalue weighted by Crippen LogP contribution is -2.06. The molecule has 0 saturated heterocycles. The van der Waals surface area contributed by atoms with Gasteiger partial charge in [-0.05, 0) is 32.0 Å². The summed E-state index contributed by atoms with van der Waals surface area (Å²) in [6.07, 6.45) is 2.11. The van der Waals surface area contributed by atoms with Gasteiger partial charge in [0.15, 0.2) is 11.5 Å². The van der Waals surface area contributed by atoms with E-state index in [2.05, 4.69) is 13.8 Å². The Morgan fingerprint density at radius 2 is 1.47 bits per heavy atom. The topological polar surface area (TPSA) is 44.5 Å². The Bertz CT molecular complexity index is 283. The number of hydrogen-bond donors (Lipinski definition) is 1. The second-order valence-electron chi connectivity index (χ2n) is 3.58.